The van der Waals surface area contributed by atoms with Crippen LogP contribution in [0.1, 0.15) is 31.9 Å². The van der Waals surface area contributed by atoms with Crippen LogP contribution < -0.4 is 0 Å². The Kier molecular flexibility index (Phi) is 5.35. The molecule has 0 bridgehead atoms. The highest BCUT2D eigenvalue weighted by Gasteiger charge is 2.31. The minimum absolute atomic E-state index is 0.108. The van der Waals surface area contributed by atoms with Crippen molar-refractivity contribution in [1.29, 1.82) is 0 Å². The Morgan fingerprint density at radius 2 is 1.90 bits per heavy atom. The Balaban J connectivity index is 1.97. The van der Waals surface area contributed by atoms with E-state index in [1.165, 1.54) is 0 Å². The maximum absolute atomic E-state index is 12.4. The van der Waals surface area contributed by atoms with Gasteiger partial charge in [0.15, 0.2) is 6.10 Å². The zero-order valence-electron chi connectivity index (χ0n) is 11.8. The Morgan fingerprint density at radius 3 is 2.50 bits per heavy atom. The van der Waals surface area contributed by atoms with E-state index in [1.54, 1.807) is 13.8 Å². The SMILES string of the molecule is CCOP(=O)(CC1=NOC(c2ccccc2)C1)OCC. The van der Waals surface area contributed by atoms with Gasteiger partial charge in [-0.25, -0.2) is 0 Å². The van der Waals surface area contributed by atoms with Crippen molar-refractivity contribution in [2.75, 3.05) is 19.4 Å². The summed E-state index contributed by atoms with van der Waals surface area (Å²) in [6, 6.07) is 9.87. The van der Waals surface area contributed by atoms with E-state index in [4.69, 9.17) is 13.9 Å². The van der Waals surface area contributed by atoms with Crippen LogP contribution in [-0.2, 0) is 18.5 Å². The predicted octanol–water partition coefficient (Wildman–Crippen LogP) is 3.77. The van der Waals surface area contributed by atoms with Gasteiger partial charge in [-0.05, 0) is 19.4 Å². The van der Waals surface area contributed by atoms with Gasteiger partial charge in [0.2, 0.25) is 0 Å². The Morgan fingerprint density at radius 1 is 1.25 bits per heavy atom. The molecule has 2 rings (SSSR count). The molecule has 0 radical (unpaired) electrons. The lowest BCUT2D eigenvalue weighted by molar-refractivity contribution is 0.0857. The third-order valence-corrected chi connectivity index (χ3v) is 4.98. The summed E-state index contributed by atoms with van der Waals surface area (Å²) in [4.78, 5) is 5.41. The molecule has 1 unspecified atom stereocenters. The summed E-state index contributed by atoms with van der Waals surface area (Å²) in [7, 11) is -3.10. The van der Waals surface area contributed by atoms with Crippen molar-refractivity contribution in [3.63, 3.8) is 0 Å². The van der Waals surface area contributed by atoms with E-state index in [9.17, 15) is 4.57 Å². The fraction of sp³-hybridized carbons (Fsp3) is 0.500. The normalized spacial score (nSPS) is 18.7. The van der Waals surface area contributed by atoms with Crippen LogP contribution in [0.3, 0.4) is 0 Å². The summed E-state index contributed by atoms with van der Waals surface area (Å²) in [5.74, 6) is 0. The van der Waals surface area contributed by atoms with Gasteiger partial charge in [0.1, 0.15) is 0 Å². The number of oxime groups is 1. The van der Waals surface area contributed by atoms with Crippen LogP contribution in [0.15, 0.2) is 35.5 Å². The lowest BCUT2D eigenvalue weighted by atomic mass is 10.1. The maximum atomic E-state index is 12.4. The largest absolute Gasteiger partial charge is 0.387 e. The minimum atomic E-state index is -3.10. The monoisotopic (exact) mass is 297 g/mol. The van der Waals surface area contributed by atoms with Gasteiger partial charge in [0, 0.05) is 6.42 Å². The van der Waals surface area contributed by atoms with Crippen molar-refractivity contribution in [3.05, 3.63) is 35.9 Å². The quantitative estimate of drug-likeness (QED) is 0.719. The molecule has 5 nitrogen and oxygen atoms in total. The highest BCUT2D eigenvalue weighted by Crippen LogP contribution is 2.49. The number of benzene rings is 1. The van der Waals surface area contributed by atoms with Gasteiger partial charge < -0.3 is 13.9 Å². The number of rotatable bonds is 7. The van der Waals surface area contributed by atoms with Crippen molar-refractivity contribution in [3.8, 4) is 0 Å². The molecule has 110 valence electrons. The molecule has 0 aliphatic carbocycles. The molecule has 6 heteroatoms. The average Bonchev–Trinajstić information content (AvgIpc) is 2.88. The molecular formula is C14H20NO4P. The van der Waals surface area contributed by atoms with Crippen molar-refractivity contribution in [1.82, 2.24) is 0 Å². The Labute approximate surface area is 119 Å². The first-order valence-electron chi connectivity index (χ1n) is 6.81. The van der Waals surface area contributed by atoms with E-state index in [0.717, 1.165) is 11.3 Å². The van der Waals surface area contributed by atoms with Gasteiger partial charge in [-0.2, -0.15) is 0 Å². The first kappa shape index (κ1) is 15.2. The van der Waals surface area contributed by atoms with Gasteiger partial charge in [0.05, 0.1) is 25.1 Å². The van der Waals surface area contributed by atoms with Gasteiger partial charge in [-0.3, -0.25) is 4.57 Å². The van der Waals surface area contributed by atoms with Crippen LogP contribution in [0.5, 0.6) is 0 Å². The molecule has 1 atom stereocenters. The van der Waals surface area contributed by atoms with Crippen molar-refractivity contribution >= 4 is 13.3 Å². The summed E-state index contributed by atoms with van der Waals surface area (Å²) < 4.78 is 23.0. The van der Waals surface area contributed by atoms with Crippen molar-refractivity contribution in [2.24, 2.45) is 5.16 Å². The summed E-state index contributed by atoms with van der Waals surface area (Å²) >= 11 is 0. The van der Waals surface area contributed by atoms with E-state index in [-0.39, 0.29) is 12.3 Å². The maximum Gasteiger partial charge on any atom is 0.336 e. The van der Waals surface area contributed by atoms with E-state index < -0.39 is 7.60 Å². The zero-order chi connectivity index (χ0) is 14.4. The van der Waals surface area contributed by atoms with E-state index in [2.05, 4.69) is 5.16 Å². The molecule has 1 aliphatic heterocycles. The Bertz CT molecular complexity index is 493. The highest BCUT2D eigenvalue weighted by atomic mass is 31.2. The number of hydrogen-bond donors (Lipinski definition) is 0. The van der Waals surface area contributed by atoms with Crippen LogP contribution in [-0.4, -0.2) is 25.1 Å². The fourth-order valence-corrected chi connectivity index (χ4v) is 3.79. The molecule has 0 amide bonds. The first-order valence-corrected chi connectivity index (χ1v) is 8.54. The zero-order valence-corrected chi connectivity index (χ0v) is 12.7. The molecule has 0 N–H and O–H groups in total. The standard InChI is InChI=1S/C14H20NO4P/c1-3-17-20(16,18-4-2)11-13-10-14(19-15-13)12-8-6-5-7-9-12/h5-9,14H,3-4,10-11H2,1-2H3. The van der Waals surface area contributed by atoms with Gasteiger partial charge >= 0.3 is 7.60 Å². The molecular weight excluding hydrogens is 277 g/mol. The van der Waals surface area contributed by atoms with E-state index in [0.29, 0.717) is 19.6 Å². The van der Waals surface area contributed by atoms with Crippen LogP contribution in [0.2, 0.25) is 0 Å². The molecule has 0 aromatic heterocycles. The lowest BCUT2D eigenvalue weighted by Crippen LogP contribution is -2.09. The fourth-order valence-electron chi connectivity index (χ4n) is 2.11. The minimum Gasteiger partial charge on any atom is -0.387 e. The third kappa shape index (κ3) is 3.92. The van der Waals surface area contributed by atoms with Crippen molar-refractivity contribution < 1.29 is 18.5 Å². The molecule has 1 aromatic rings. The molecule has 1 aliphatic rings. The van der Waals surface area contributed by atoms with Crippen LogP contribution in [0.25, 0.3) is 0 Å². The molecule has 0 fully saturated rings. The smallest absolute Gasteiger partial charge is 0.336 e. The van der Waals surface area contributed by atoms with Crippen LogP contribution >= 0.6 is 7.60 Å². The average molecular weight is 297 g/mol. The predicted molar refractivity (Wildman–Crippen MR) is 78.0 cm³/mol. The molecule has 20 heavy (non-hydrogen) atoms. The number of nitrogens with zero attached hydrogens (tertiary/aromatic N) is 1. The lowest BCUT2D eigenvalue weighted by Gasteiger charge is -2.16. The van der Waals surface area contributed by atoms with Crippen molar-refractivity contribution in [2.45, 2.75) is 26.4 Å². The molecule has 1 aromatic carbocycles. The topological polar surface area (TPSA) is 57.1 Å². The first-order chi connectivity index (χ1) is 9.67. The van der Waals surface area contributed by atoms with Crippen LogP contribution in [0.4, 0.5) is 0 Å². The van der Waals surface area contributed by atoms with Crippen LogP contribution in [0, 0.1) is 0 Å². The Hall–Kier alpha value is -1.16. The van der Waals surface area contributed by atoms with Gasteiger partial charge in [-0.1, -0.05) is 35.5 Å². The van der Waals surface area contributed by atoms with Gasteiger partial charge in [-0.15, -0.1) is 0 Å². The second kappa shape index (κ2) is 7.02. The van der Waals surface area contributed by atoms with E-state index in [1.807, 2.05) is 30.3 Å². The molecule has 0 saturated heterocycles. The second-order valence-electron chi connectivity index (χ2n) is 4.47. The summed E-state index contributed by atoms with van der Waals surface area (Å²) in [5.41, 5.74) is 1.79. The summed E-state index contributed by atoms with van der Waals surface area (Å²) in [5, 5.41) is 4.03. The van der Waals surface area contributed by atoms with Gasteiger partial charge in [0.25, 0.3) is 0 Å². The molecule has 0 saturated carbocycles. The second-order valence-corrected chi connectivity index (χ2v) is 6.53. The highest BCUT2D eigenvalue weighted by molar-refractivity contribution is 7.54. The number of hydrogen-bond acceptors (Lipinski definition) is 5. The molecule has 0 spiro atoms. The third-order valence-electron chi connectivity index (χ3n) is 2.93. The summed E-state index contributed by atoms with van der Waals surface area (Å²) in [6.07, 6.45) is 0.703. The summed E-state index contributed by atoms with van der Waals surface area (Å²) in [6.45, 7) is 4.30. The van der Waals surface area contributed by atoms with E-state index >= 15 is 0 Å². The molecule has 1 heterocycles.